The molecule has 3 N–H and O–H groups in total. The Labute approximate surface area is 91.8 Å². The van der Waals surface area contributed by atoms with Crippen LogP contribution in [0.5, 0.6) is 0 Å². The van der Waals surface area contributed by atoms with Gasteiger partial charge in [0.1, 0.15) is 5.82 Å². The van der Waals surface area contributed by atoms with E-state index in [4.69, 9.17) is 5.73 Å². The van der Waals surface area contributed by atoms with Crippen molar-refractivity contribution in [1.82, 2.24) is 9.78 Å². The van der Waals surface area contributed by atoms with E-state index in [2.05, 4.69) is 31.2 Å². The lowest BCUT2D eigenvalue weighted by Crippen LogP contribution is -2.18. The van der Waals surface area contributed by atoms with Crippen LogP contribution >= 0.6 is 0 Å². The number of aryl methyl sites for hydroxylation is 2. The first-order valence-electron chi connectivity index (χ1n) is 5.46. The predicted octanol–water partition coefficient (Wildman–Crippen LogP) is 2.01. The first-order valence-corrected chi connectivity index (χ1v) is 5.46. The molecule has 0 aliphatic carbocycles. The lowest BCUT2D eigenvalue weighted by Gasteiger charge is -2.17. The molecule has 0 amide bonds. The van der Waals surface area contributed by atoms with E-state index in [9.17, 15) is 0 Å². The summed E-state index contributed by atoms with van der Waals surface area (Å²) in [6.07, 6.45) is 0. The molecule has 86 valence electrons. The van der Waals surface area contributed by atoms with E-state index >= 15 is 0 Å². The van der Waals surface area contributed by atoms with Gasteiger partial charge >= 0.3 is 0 Å². The lowest BCUT2D eigenvalue weighted by atomic mass is 9.98. The van der Waals surface area contributed by atoms with Gasteiger partial charge < -0.3 is 11.1 Å². The van der Waals surface area contributed by atoms with Crippen LogP contribution in [0.1, 0.15) is 26.5 Å². The van der Waals surface area contributed by atoms with E-state index in [1.807, 2.05) is 14.0 Å². The third kappa shape index (κ3) is 2.64. The zero-order chi connectivity index (χ0) is 11.6. The number of anilines is 2. The van der Waals surface area contributed by atoms with Gasteiger partial charge in [0.2, 0.25) is 0 Å². The maximum atomic E-state index is 5.92. The highest BCUT2D eigenvalue weighted by Gasteiger charge is 2.12. The summed E-state index contributed by atoms with van der Waals surface area (Å²) in [5.74, 6) is 2.23. The Hall–Kier alpha value is -1.19. The molecule has 1 aromatic heterocycles. The molecule has 0 radical (unpaired) electrons. The normalized spacial score (nSPS) is 13.2. The standard InChI is InChI=1S/C11H22N4/c1-7(2)8(3)6-13-11-10(12)9(4)14-15(11)5/h7-8,13H,6,12H2,1-5H3. The predicted molar refractivity (Wildman–Crippen MR) is 64.8 cm³/mol. The summed E-state index contributed by atoms with van der Waals surface area (Å²) in [5.41, 5.74) is 7.56. The molecule has 0 aliphatic rings. The van der Waals surface area contributed by atoms with Crippen LogP contribution in [-0.4, -0.2) is 16.3 Å². The fourth-order valence-corrected chi connectivity index (χ4v) is 1.38. The molecule has 0 fully saturated rings. The number of nitrogens with one attached hydrogen (secondary N) is 1. The highest BCUT2D eigenvalue weighted by Crippen LogP contribution is 2.21. The molecule has 4 nitrogen and oxygen atoms in total. The van der Waals surface area contributed by atoms with Crippen molar-refractivity contribution in [2.75, 3.05) is 17.6 Å². The molecule has 1 heterocycles. The Morgan fingerprint density at radius 3 is 2.40 bits per heavy atom. The Bertz CT molecular complexity index is 328. The average molecular weight is 210 g/mol. The highest BCUT2D eigenvalue weighted by molar-refractivity contribution is 5.64. The molecular weight excluding hydrogens is 188 g/mol. The Kier molecular flexibility index (Phi) is 3.61. The molecule has 0 aliphatic heterocycles. The quantitative estimate of drug-likeness (QED) is 0.799. The number of nitrogen functional groups attached to an aromatic ring is 1. The minimum absolute atomic E-state index is 0.625. The molecular formula is C11H22N4. The number of hydrogen-bond donors (Lipinski definition) is 2. The second-order valence-electron chi connectivity index (χ2n) is 4.57. The van der Waals surface area contributed by atoms with Crippen molar-refractivity contribution in [1.29, 1.82) is 0 Å². The Morgan fingerprint density at radius 1 is 1.40 bits per heavy atom. The molecule has 0 bridgehead atoms. The van der Waals surface area contributed by atoms with Crippen LogP contribution in [0.4, 0.5) is 11.5 Å². The minimum Gasteiger partial charge on any atom is -0.394 e. The van der Waals surface area contributed by atoms with Gasteiger partial charge in [0, 0.05) is 13.6 Å². The summed E-state index contributed by atoms with van der Waals surface area (Å²) < 4.78 is 1.80. The summed E-state index contributed by atoms with van der Waals surface area (Å²) in [4.78, 5) is 0. The van der Waals surface area contributed by atoms with Gasteiger partial charge in [0.15, 0.2) is 0 Å². The van der Waals surface area contributed by atoms with Gasteiger partial charge in [-0.25, -0.2) is 0 Å². The number of hydrogen-bond acceptors (Lipinski definition) is 3. The first kappa shape index (κ1) is 11.9. The van der Waals surface area contributed by atoms with Gasteiger partial charge in [-0.2, -0.15) is 5.10 Å². The zero-order valence-corrected chi connectivity index (χ0v) is 10.3. The molecule has 0 saturated heterocycles. The molecule has 0 spiro atoms. The van der Waals surface area contributed by atoms with Crippen LogP contribution in [-0.2, 0) is 7.05 Å². The molecule has 1 rings (SSSR count). The zero-order valence-electron chi connectivity index (χ0n) is 10.3. The van der Waals surface area contributed by atoms with Gasteiger partial charge in [0.25, 0.3) is 0 Å². The average Bonchev–Trinajstić information content (AvgIpc) is 2.38. The van der Waals surface area contributed by atoms with Gasteiger partial charge in [-0.1, -0.05) is 20.8 Å². The van der Waals surface area contributed by atoms with E-state index in [0.29, 0.717) is 11.8 Å². The topological polar surface area (TPSA) is 55.9 Å². The van der Waals surface area contributed by atoms with Crippen molar-refractivity contribution in [3.63, 3.8) is 0 Å². The van der Waals surface area contributed by atoms with E-state index < -0.39 is 0 Å². The van der Waals surface area contributed by atoms with Crippen LogP contribution in [0.2, 0.25) is 0 Å². The summed E-state index contributed by atoms with van der Waals surface area (Å²) in [6, 6.07) is 0. The smallest absolute Gasteiger partial charge is 0.147 e. The molecule has 0 saturated carbocycles. The maximum absolute atomic E-state index is 5.92. The van der Waals surface area contributed by atoms with Gasteiger partial charge in [-0.15, -0.1) is 0 Å². The van der Waals surface area contributed by atoms with Gasteiger partial charge in [-0.3, -0.25) is 4.68 Å². The molecule has 1 atom stereocenters. The van der Waals surface area contributed by atoms with Crippen LogP contribution in [0, 0.1) is 18.8 Å². The van der Waals surface area contributed by atoms with E-state index in [1.165, 1.54) is 0 Å². The molecule has 1 unspecified atom stereocenters. The SMILES string of the molecule is Cc1nn(C)c(NCC(C)C(C)C)c1N. The number of nitrogens with zero attached hydrogens (tertiary/aromatic N) is 2. The number of aromatic nitrogens is 2. The van der Waals surface area contributed by atoms with Crippen molar-refractivity contribution in [2.24, 2.45) is 18.9 Å². The Morgan fingerprint density at radius 2 is 2.00 bits per heavy atom. The third-order valence-electron chi connectivity index (χ3n) is 3.00. The molecule has 4 heteroatoms. The monoisotopic (exact) mass is 210 g/mol. The third-order valence-corrected chi connectivity index (χ3v) is 3.00. The second-order valence-corrected chi connectivity index (χ2v) is 4.57. The Balaban J connectivity index is 2.65. The van der Waals surface area contributed by atoms with Gasteiger partial charge in [-0.05, 0) is 18.8 Å². The number of nitrogens with two attached hydrogens (primary N) is 1. The molecule has 0 aromatic carbocycles. The van der Waals surface area contributed by atoms with Crippen molar-refractivity contribution >= 4 is 11.5 Å². The van der Waals surface area contributed by atoms with Crippen molar-refractivity contribution in [2.45, 2.75) is 27.7 Å². The summed E-state index contributed by atoms with van der Waals surface area (Å²) >= 11 is 0. The van der Waals surface area contributed by atoms with Gasteiger partial charge in [0.05, 0.1) is 11.4 Å². The van der Waals surface area contributed by atoms with E-state index in [1.54, 1.807) is 4.68 Å². The van der Waals surface area contributed by atoms with Crippen LogP contribution in [0.15, 0.2) is 0 Å². The fraction of sp³-hybridized carbons (Fsp3) is 0.727. The largest absolute Gasteiger partial charge is 0.394 e. The fourth-order valence-electron chi connectivity index (χ4n) is 1.38. The first-order chi connectivity index (χ1) is 6.93. The van der Waals surface area contributed by atoms with Crippen molar-refractivity contribution < 1.29 is 0 Å². The summed E-state index contributed by atoms with van der Waals surface area (Å²) in [6.45, 7) is 9.54. The number of rotatable bonds is 4. The summed E-state index contributed by atoms with van der Waals surface area (Å²) in [5, 5.41) is 7.62. The van der Waals surface area contributed by atoms with Crippen LogP contribution in [0.25, 0.3) is 0 Å². The highest BCUT2D eigenvalue weighted by atomic mass is 15.3. The van der Waals surface area contributed by atoms with Crippen LogP contribution in [0.3, 0.4) is 0 Å². The maximum Gasteiger partial charge on any atom is 0.147 e. The second kappa shape index (κ2) is 4.55. The van der Waals surface area contributed by atoms with Crippen molar-refractivity contribution in [3.8, 4) is 0 Å². The lowest BCUT2D eigenvalue weighted by molar-refractivity contribution is 0.438. The van der Waals surface area contributed by atoms with E-state index in [0.717, 1.165) is 23.7 Å². The van der Waals surface area contributed by atoms with Crippen molar-refractivity contribution in [3.05, 3.63) is 5.69 Å². The van der Waals surface area contributed by atoms with Crippen LogP contribution < -0.4 is 11.1 Å². The molecule has 15 heavy (non-hydrogen) atoms. The summed E-state index contributed by atoms with van der Waals surface area (Å²) in [7, 11) is 1.91. The molecule has 1 aromatic rings. The minimum atomic E-state index is 0.625. The van der Waals surface area contributed by atoms with E-state index in [-0.39, 0.29) is 0 Å².